The van der Waals surface area contributed by atoms with E-state index < -0.39 is 4.92 Å². The van der Waals surface area contributed by atoms with E-state index >= 15 is 0 Å². The summed E-state index contributed by atoms with van der Waals surface area (Å²) in [6.07, 6.45) is 5.57. The zero-order chi connectivity index (χ0) is 13.8. The van der Waals surface area contributed by atoms with Crippen LogP contribution in [0.3, 0.4) is 0 Å². The first kappa shape index (κ1) is 13.3. The van der Waals surface area contributed by atoms with Crippen LogP contribution in [0.25, 0.3) is 0 Å². The van der Waals surface area contributed by atoms with Gasteiger partial charge in [0.25, 0.3) is 0 Å². The first-order chi connectivity index (χ1) is 9.08. The van der Waals surface area contributed by atoms with Gasteiger partial charge in [0.1, 0.15) is 5.82 Å². The molecule has 0 aliphatic carbocycles. The Morgan fingerprint density at radius 3 is 2.95 bits per heavy atom. The molecule has 0 amide bonds. The molecule has 0 aliphatic rings. The summed E-state index contributed by atoms with van der Waals surface area (Å²) in [7, 11) is 1.89. The van der Waals surface area contributed by atoms with Crippen molar-refractivity contribution in [1.82, 2.24) is 14.5 Å². The van der Waals surface area contributed by atoms with Crippen LogP contribution in [0.2, 0.25) is 5.02 Å². The molecule has 0 spiro atoms. The maximum atomic E-state index is 10.9. The Morgan fingerprint density at radius 2 is 2.32 bits per heavy atom. The van der Waals surface area contributed by atoms with Gasteiger partial charge in [-0.15, -0.1) is 0 Å². The van der Waals surface area contributed by atoms with Gasteiger partial charge >= 0.3 is 5.69 Å². The van der Waals surface area contributed by atoms with E-state index in [0.717, 1.165) is 5.82 Å². The number of pyridine rings is 1. The highest BCUT2D eigenvalue weighted by atomic mass is 35.5. The van der Waals surface area contributed by atoms with Crippen molar-refractivity contribution in [3.05, 3.63) is 45.6 Å². The van der Waals surface area contributed by atoms with Gasteiger partial charge < -0.3 is 9.88 Å². The summed E-state index contributed by atoms with van der Waals surface area (Å²) in [5.74, 6) is 1.10. The lowest BCUT2D eigenvalue weighted by Gasteiger charge is -2.06. The highest BCUT2D eigenvalue weighted by Crippen LogP contribution is 2.24. The van der Waals surface area contributed by atoms with E-state index in [1.807, 2.05) is 17.8 Å². The van der Waals surface area contributed by atoms with Crippen LogP contribution in [0.4, 0.5) is 11.5 Å². The van der Waals surface area contributed by atoms with Gasteiger partial charge in [0.2, 0.25) is 5.82 Å². The molecular weight excluding hydrogens is 270 g/mol. The van der Waals surface area contributed by atoms with Crippen molar-refractivity contribution in [3.63, 3.8) is 0 Å². The molecule has 0 unspecified atom stereocenters. The topological polar surface area (TPSA) is 85.9 Å². The molecule has 0 bridgehead atoms. The molecule has 1 N–H and O–H groups in total. The first-order valence-electron chi connectivity index (χ1n) is 5.58. The number of hydrogen-bond donors (Lipinski definition) is 1. The van der Waals surface area contributed by atoms with E-state index in [2.05, 4.69) is 15.3 Å². The van der Waals surface area contributed by atoms with E-state index in [0.29, 0.717) is 13.0 Å². The van der Waals surface area contributed by atoms with Crippen molar-refractivity contribution >= 4 is 23.1 Å². The smallest absolute Gasteiger partial charge is 0.312 e. The van der Waals surface area contributed by atoms with Crippen LogP contribution < -0.4 is 5.32 Å². The standard InChI is InChI=1S/C11H12ClN5O2/c1-16-5-4-13-10(16)2-3-14-11-9(17(18)19)6-8(12)7-15-11/h4-7H,2-3H2,1H3,(H,14,15). The maximum Gasteiger partial charge on any atom is 0.312 e. The van der Waals surface area contributed by atoms with Gasteiger partial charge in [-0.05, 0) is 0 Å². The number of imidazole rings is 1. The number of nitrogens with zero attached hydrogens (tertiary/aromatic N) is 4. The van der Waals surface area contributed by atoms with Crippen LogP contribution in [0.5, 0.6) is 0 Å². The van der Waals surface area contributed by atoms with Gasteiger partial charge in [0, 0.05) is 44.7 Å². The summed E-state index contributed by atoms with van der Waals surface area (Å²) in [6, 6.07) is 1.28. The number of nitro groups is 1. The van der Waals surface area contributed by atoms with Gasteiger partial charge in [-0.2, -0.15) is 0 Å². The normalized spacial score (nSPS) is 10.4. The highest BCUT2D eigenvalue weighted by Gasteiger charge is 2.15. The van der Waals surface area contributed by atoms with Gasteiger partial charge in [0.15, 0.2) is 0 Å². The summed E-state index contributed by atoms with van der Waals surface area (Å²) in [5.41, 5.74) is -0.132. The van der Waals surface area contributed by atoms with Crippen LogP contribution in [-0.4, -0.2) is 26.0 Å². The van der Waals surface area contributed by atoms with Gasteiger partial charge in [-0.1, -0.05) is 11.6 Å². The molecule has 7 nitrogen and oxygen atoms in total. The molecule has 0 radical (unpaired) electrons. The third kappa shape index (κ3) is 3.19. The van der Waals surface area contributed by atoms with Crippen molar-refractivity contribution < 1.29 is 4.92 Å². The Kier molecular flexibility index (Phi) is 3.96. The van der Waals surface area contributed by atoms with Crippen molar-refractivity contribution in [2.75, 3.05) is 11.9 Å². The molecule has 8 heteroatoms. The van der Waals surface area contributed by atoms with Crippen molar-refractivity contribution in [2.45, 2.75) is 6.42 Å². The highest BCUT2D eigenvalue weighted by molar-refractivity contribution is 6.30. The Hall–Kier alpha value is -2.15. The number of halogens is 1. The monoisotopic (exact) mass is 281 g/mol. The number of hydrogen-bond acceptors (Lipinski definition) is 5. The Morgan fingerprint density at radius 1 is 1.53 bits per heavy atom. The van der Waals surface area contributed by atoms with Gasteiger partial charge in [-0.25, -0.2) is 9.97 Å². The zero-order valence-corrected chi connectivity index (χ0v) is 11.0. The van der Waals surface area contributed by atoms with Crippen LogP contribution in [0.15, 0.2) is 24.7 Å². The van der Waals surface area contributed by atoms with Crippen molar-refractivity contribution in [3.8, 4) is 0 Å². The van der Waals surface area contributed by atoms with Crippen molar-refractivity contribution in [2.24, 2.45) is 7.05 Å². The second-order valence-corrected chi connectivity index (χ2v) is 4.35. The minimum Gasteiger partial charge on any atom is -0.364 e. The van der Waals surface area contributed by atoms with E-state index in [1.165, 1.54) is 12.3 Å². The maximum absolute atomic E-state index is 10.9. The Labute approximate surface area is 114 Å². The average molecular weight is 282 g/mol. The summed E-state index contributed by atoms with van der Waals surface area (Å²) in [4.78, 5) is 18.5. The van der Waals surface area contributed by atoms with E-state index in [4.69, 9.17) is 11.6 Å². The van der Waals surface area contributed by atoms with Gasteiger partial charge in [-0.3, -0.25) is 10.1 Å². The molecule has 2 heterocycles. The Balaban J connectivity index is 2.03. The van der Waals surface area contributed by atoms with Crippen LogP contribution in [-0.2, 0) is 13.5 Å². The fraction of sp³-hybridized carbons (Fsp3) is 0.273. The fourth-order valence-electron chi connectivity index (χ4n) is 1.63. The largest absolute Gasteiger partial charge is 0.364 e. The summed E-state index contributed by atoms with van der Waals surface area (Å²) in [6.45, 7) is 0.500. The fourth-order valence-corrected chi connectivity index (χ4v) is 1.79. The second-order valence-electron chi connectivity index (χ2n) is 3.91. The lowest BCUT2D eigenvalue weighted by atomic mass is 10.3. The molecule has 100 valence electrons. The van der Waals surface area contributed by atoms with E-state index in [-0.39, 0.29) is 16.5 Å². The third-order valence-corrected chi connectivity index (χ3v) is 2.80. The molecule has 19 heavy (non-hydrogen) atoms. The molecule has 0 saturated heterocycles. The molecule has 2 aromatic rings. The minimum absolute atomic E-state index is 0.132. The predicted molar refractivity (Wildman–Crippen MR) is 71.3 cm³/mol. The molecule has 0 fully saturated rings. The second kappa shape index (κ2) is 5.66. The molecule has 2 rings (SSSR count). The summed E-state index contributed by atoms with van der Waals surface area (Å²) in [5, 5.41) is 14.0. The SMILES string of the molecule is Cn1ccnc1CCNc1ncc(Cl)cc1[N+](=O)[O-]. The molecule has 0 atom stereocenters. The predicted octanol–water partition coefficient (Wildman–Crippen LogP) is 2.03. The number of aromatic nitrogens is 3. The van der Waals surface area contributed by atoms with Crippen molar-refractivity contribution in [1.29, 1.82) is 0 Å². The molecule has 0 aliphatic heterocycles. The molecule has 0 aromatic carbocycles. The molecule has 0 saturated carbocycles. The zero-order valence-electron chi connectivity index (χ0n) is 10.2. The lowest BCUT2D eigenvalue weighted by molar-refractivity contribution is -0.384. The van der Waals surface area contributed by atoms with E-state index in [9.17, 15) is 10.1 Å². The minimum atomic E-state index is -0.512. The average Bonchev–Trinajstić information content (AvgIpc) is 2.77. The number of nitrogens with one attached hydrogen (secondary N) is 1. The first-order valence-corrected chi connectivity index (χ1v) is 5.95. The van der Waals surface area contributed by atoms with E-state index in [1.54, 1.807) is 6.20 Å². The Bertz CT molecular complexity index is 599. The molecular formula is C11H12ClN5O2. The summed E-state index contributed by atoms with van der Waals surface area (Å²) < 4.78 is 1.89. The molecule has 2 aromatic heterocycles. The quantitative estimate of drug-likeness (QED) is 0.669. The number of anilines is 1. The van der Waals surface area contributed by atoms with Gasteiger partial charge in [0.05, 0.1) is 9.95 Å². The van der Waals surface area contributed by atoms with Crippen LogP contribution in [0, 0.1) is 10.1 Å². The number of aryl methyl sites for hydroxylation is 1. The third-order valence-electron chi connectivity index (χ3n) is 2.59. The summed E-state index contributed by atoms with van der Waals surface area (Å²) >= 11 is 5.69. The number of rotatable bonds is 5. The lowest BCUT2D eigenvalue weighted by Crippen LogP contribution is -2.10. The van der Waals surface area contributed by atoms with Crippen LogP contribution in [0.1, 0.15) is 5.82 Å². The van der Waals surface area contributed by atoms with Crippen LogP contribution >= 0.6 is 11.6 Å².